The lowest BCUT2D eigenvalue weighted by Crippen LogP contribution is -2.13. The summed E-state index contributed by atoms with van der Waals surface area (Å²) in [7, 11) is 0. The molecular weight excluding hydrogens is 308 g/mol. The first kappa shape index (κ1) is 13.7. The molecule has 2 aromatic carbocycles. The van der Waals surface area contributed by atoms with Gasteiger partial charge in [-0.15, -0.1) is 0 Å². The number of nitro groups is 1. The minimum atomic E-state index is -0.397. The fourth-order valence-corrected chi connectivity index (χ4v) is 2.24. The zero-order valence-corrected chi connectivity index (χ0v) is 11.8. The van der Waals surface area contributed by atoms with Crippen molar-refractivity contribution >= 4 is 21.6 Å². The van der Waals surface area contributed by atoms with Crippen molar-refractivity contribution in [1.82, 2.24) is 5.32 Å². The molecule has 0 aliphatic carbocycles. The summed E-state index contributed by atoms with van der Waals surface area (Å²) in [5.74, 6) is 0. The summed E-state index contributed by atoms with van der Waals surface area (Å²) in [6.45, 7) is 1.43. The lowest BCUT2D eigenvalue weighted by molar-refractivity contribution is -0.384. The summed E-state index contributed by atoms with van der Waals surface area (Å²) < 4.78 is 0.752. The van der Waals surface area contributed by atoms with Crippen LogP contribution in [0.5, 0.6) is 0 Å². The number of rotatable bonds is 5. The normalized spacial score (nSPS) is 10.4. The summed E-state index contributed by atoms with van der Waals surface area (Å²) in [6, 6.07) is 14.9. The molecule has 0 amide bonds. The number of hydrogen-bond donors (Lipinski definition) is 1. The number of non-ortho nitro benzene ring substituents is 1. The third-order valence-electron chi connectivity index (χ3n) is 2.73. The van der Waals surface area contributed by atoms with Gasteiger partial charge >= 0.3 is 0 Å². The molecule has 98 valence electrons. The maximum absolute atomic E-state index is 10.6. The Labute approximate surface area is 119 Å². The number of hydrogen-bond acceptors (Lipinski definition) is 3. The molecule has 1 N–H and O–H groups in total. The van der Waals surface area contributed by atoms with Gasteiger partial charge in [0.05, 0.1) is 4.92 Å². The molecular formula is C14H13BrN2O2. The van der Waals surface area contributed by atoms with Gasteiger partial charge in [-0.05, 0) is 17.2 Å². The molecule has 0 atom stereocenters. The van der Waals surface area contributed by atoms with Gasteiger partial charge in [-0.25, -0.2) is 0 Å². The van der Waals surface area contributed by atoms with Crippen LogP contribution in [0.4, 0.5) is 5.69 Å². The summed E-state index contributed by atoms with van der Waals surface area (Å²) in [5.41, 5.74) is 2.31. The van der Waals surface area contributed by atoms with Gasteiger partial charge in [0.25, 0.3) is 5.69 Å². The van der Waals surface area contributed by atoms with Crippen molar-refractivity contribution in [1.29, 1.82) is 0 Å². The molecule has 0 saturated carbocycles. The van der Waals surface area contributed by atoms with Gasteiger partial charge < -0.3 is 5.32 Å². The van der Waals surface area contributed by atoms with E-state index in [2.05, 4.69) is 33.4 Å². The summed E-state index contributed by atoms with van der Waals surface area (Å²) in [4.78, 5) is 10.2. The van der Waals surface area contributed by atoms with E-state index in [1.54, 1.807) is 6.07 Å². The highest BCUT2D eigenvalue weighted by molar-refractivity contribution is 9.10. The third-order valence-corrected chi connectivity index (χ3v) is 3.47. The molecule has 0 unspecified atom stereocenters. The molecule has 5 heteroatoms. The fourth-order valence-electron chi connectivity index (χ4n) is 1.73. The SMILES string of the molecule is O=[N+]([O-])c1ccc(CNCc2ccccc2)c(Br)c1. The van der Waals surface area contributed by atoms with Crippen molar-refractivity contribution < 1.29 is 4.92 Å². The Morgan fingerprint density at radius 1 is 1.11 bits per heavy atom. The first-order chi connectivity index (χ1) is 9.16. The van der Waals surface area contributed by atoms with Gasteiger partial charge in [0, 0.05) is 29.7 Å². The second-order valence-corrected chi connectivity index (χ2v) is 4.98. The quantitative estimate of drug-likeness (QED) is 0.675. The van der Waals surface area contributed by atoms with E-state index in [0.29, 0.717) is 6.54 Å². The van der Waals surface area contributed by atoms with Crippen LogP contribution in [0.15, 0.2) is 53.0 Å². The summed E-state index contributed by atoms with van der Waals surface area (Å²) >= 11 is 3.36. The Morgan fingerprint density at radius 3 is 2.47 bits per heavy atom. The first-order valence-corrected chi connectivity index (χ1v) is 6.63. The molecule has 0 fully saturated rings. The first-order valence-electron chi connectivity index (χ1n) is 5.84. The van der Waals surface area contributed by atoms with Crippen molar-refractivity contribution in [2.45, 2.75) is 13.1 Å². The molecule has 0 bridgehead atoms. The number of nitrogens with one attached hydrogen (secondary N) is 1. The largest absolute Gasteiger partial charge is 0.309 e. The highest BCUT2D eigenvalue weighted by atomic mass is 79.9. The average molecular weight is 321 g/mol. The maximum atomic E-state index is 10.6. The van der Waals surface area contributed by atoms with Crippen LogP contribution in [0.25, 0.3) is 0 Å². The molecule has 0 aliphatic heterocycles. The zero-order valence-electron chi connectivity index (χ0n) is 10.2. The number of nitrogens with zero attached hydrogens (tertiary/aromatic N) is 1. The summed E-state index contributed by atoms with van der Waals surface area (Å²) in [5, 5.41) is 13.9. The zero-order chi connectivity index (χ0) is 13.7. The molecule has 0 saturated heterocycles. The predicted molar refractivity (Wildman–Crippen MR) is 77.8 cm³/mol. The second-order valence-electron chi connectivity index (χ2n) is 4.12. The number of benzene rings is 2. The average Bonchev–Trinajstić information content (AvgIpc) is 2.41. The Hall–Kier alpha value is -1.72. The highest BCUT2D eigenvalue weighted by Crippen LogP contribution is 2.22. The monoisotopic (exact) mass is 320 g/mol. The molecule has 0 heterocycles. The van der Waals surface area contributed by atoms with Crippen molar-refractivity contribution in [2.24, 2.45) is 0 Å². The van der Waals surface area contributed by atoms with Gasteiger partial charge in [-0.3, -0.25) is 10.1 Å². The van der Waals surface area contributed by atoms with E-state index in [9.17, 15) is 10.1 Å². The maximum Gasteiger partial charge on any atom is 0.270 e. The van der Waals surface area contributed by atoms with Crippen LogP contribution in [-0.4, -0.2) is 4.92 Å². The van der Waals surface area contributed by atoms with Crippen LogP contribution < -0.4 is 5.32 Å². The number of nitro benzene ring substituents is 1. The van der Waals surface area contributed by atoms with Gasteiger partial charge in [-0.1, -0.05) is 46.3 Å². The third kappa shape index (κ3) is 3.87. The van der Waals surface area contributed by atoms with Crippen LogP contribution in [0.2, 0.25) is 0 Å². The van der Waals surface area contributed by atoms with Gasteiger partial charge in [0.2, 0.25) is 0 Å². The Balaban J connectivity index is 1.95. The van der Waals surface area contributed by atoms with E-state index in [1.165, 1.54) is 17.7 Å². The molecule has 0 spiro atoms. The van der Waals surface area contributed by atoms with E-state index < -0.39 is 4.92 Å². The van der Waals surface area contributed by atoms with E-state index >= 15 is 0 Å². The lowest BCUT2D eigenvalue weighted by atomic mass is 10.2. The standard InChI is InChI=1S/C14H13BrN2O2/c15-14-8-13(17(18)19)7-6-12(14)10-16-9-11-4-2-1-3-5-11/h1-8,16H,9-10H2. The van der Waals surface area contributed by atoms with Gasteiger partial charge in [0.1, 0.15) is 0 Å². The molecule has 2 rings (SSSR count). The van der Waals surface area contributed by atoms with Crippen LogP contribution >= 0.6 is 15.9 Å². The highest BCUT2D eigenvalue weighted by Gasteiger charge is 2.08. The Bertz CT molecular complexity index is 573. The van der Waals surface area contributed by atoms with E-state index in [-0.39, 0.29) is 5.69 Å². The van der Waals surface area contributed by atoms with E-state index in [1.807, 2.05) is 18.2 Å². The van der Waals surface area contributed by atoms with Crippen LogP contribution in [0, 0.1) is 10.1 Å². The molecule has 0 aliphatic rings. The van der Waals surface area contributed by atoms with Gasteiger partial charge in [-0.2, -0.15) is 0 Å². The lowest BCUT2D eigenvalue weighted by Gasteiger charge is -2.07. The predicted octanol–water partition coefficient (Wildman–Crippen LogP) is 3.65. The van der Waals surface area contributed by atoms with Gasteiger partial charge in [0.15, 0.2) is 0 Å². The molecule has 0 radical (unpaired) electrons. The van der Waals surface area contributed by atoms with Crippen molar-refractivity contribution in [2.75, 3.05) is 0 Å². The fraction of sp³-hybridized carbons (Fsp3) is 0.143. The second kappa shape index (κ2) is 6.45. The van der Waals surface area contributed by atoms with Crippen molar-refractivity contribution in [3.05, 3.63) is 74.2 Å². The van der Waals surface area contributed by atoms with Crippen molar-refractivity contribution in [3.63, 3.8) is 0 Å². The molecule has 19 heavy (non-hydrogen) atoms. The smallest absolute Gasteiger partial charge is 0.270 e. The summed E-state index contributed by atoms with van der Waals surface area (Å²) in [6.07, 6.45) is 0. The number of halogens is 1. The minimum absolute atomic E-state index is 0.0960. The van der Waals surface area contributed by atoms with E-state index in [0.717, 1.165) is 16.6 Å². The van der Waals surface area contributed by atoms with Crippen molar-refractivity contribution in [3.8, 4) is 0 Å². The van der Waals surface area contributed by atoms with Crippen LogP contribution in [0.3, 0.4) is 0 Å². The van der Waals surface area contributed by atoms with Crippen LogP contribution in [-0.2, 0) is 13.1 Å². The Morgan fingerprint density at radius 2 is 1.84 bits per heavy atom. The Kier molecular flexibility index (Phi) is 4.65. The topological polar surface area (TPSA) is 55.2 Å². The van der Waals surface area contributed by atoms with E-state index in [4.69, 9.17) is 0 Å². The van der Waals surface area contributed by atoms with Crippen LogP contribution in [0.1, 0.15) is 11.1 Å². The molecule has 0 aromatic heterocycles. The minimum Gasteiger partial charge on any atom is -0.309 e. The molecule has 2 aromatic rings. The molecule has 4 nitrogen and oxygen atoms in total.